The molecule has 0 saturated heterocycles. The van der Waals surface area contributed by atoms with Gasteiger partial charge in [0.15, 0.2) is 0 Å². The number of rotatable bonds is 7. The maximum Gasteiger partial charge on any atom is 0.134 e. The molecule has 2 aromatic carbocycles. The van der Waals surface area contributed by atoms with Crippen molar-refractivity contribution in [3.8, 4) is 0 Å². The van der Waals surface area contributed by atoms with Crippen molar-refractivity contribution in [2.45, 2.75) is 74.1 Å². The van der Waals surface area contributed by atoms with Crippen molar-refractivity contribution in [3.05, 3.63) is 99.2 Å². The summed E-state index contributed by atoms with van der Waals surface area (Å²) < 4.78 is 15.9. The number of allylic oxidation sites excluding steroid dienone is 4. The summed E-state index contributed by atoms with van der Waals surface area (Å²) in [6.45, 7) is 23.0. The first-order valence-corrected chi connectivity index (χ1v) is 11.3. The molecule has 0 aromatic heterocycles. The molecule has 0 saturated carbocycles. The van der Waals surface area contributed by atoms with Gasteiger partial charge in [0.05, 0.1) is 0 Å². The Hall–Kier alpha value is -2.41. The highest BCUT2D eigenvalue weighted by Gasteiger charge is 2.32. The summed E-state index contributed by atoms with van der Waals surface area (Å²) in [6.07, 6.45) is 2.86. The van der Waals surface area contributed by atoms with Gasteiger partial charge in [-0.3, -0.25) is 0 Å². The minimum absolute atomic E-state index is 0.137. The molecular weight excluding hydrogens is 379 g/mol. The van der Waals surface area contributed by atoms with Crippen LogP contribution in [0.5, 0.6) is 0 Å². The van der Waals surface area contributed by atoms with Crippen LogP contribution in [0.2, 0.25) is 0 Å². The first kappa shape index (κ1) is 24.9. The highest BCUT2D eigenvalue weighted by atomic mass is 19.1. The highest BCUT2D eigenvalue weighted by Crippen LogP contribution is 2.42. The average molecular weight is 419 g/mol. The molecule has 0 heterocycles. The van der Waals surface area contributed by atoms with Crippen LogP contribution in [0.25, 0.3) is 5.83 Å². The van der Waals surface area contributed by atoms with Crippen molar-refractivity contribution < 1.29 is 4.39 Å². The number of benzene rings is 2. The maximum absolute atomic E-state index is 15.9. The average Bonchev–Trinajstić information content (AvgIpc) is 2.70. The molecule has 0 radical (unpaired) electrons. The summed E-state index contributed by atoms with van der Waals surface area (Å²) >= 11 is 0. The van der Waals surface area contributed by atoms with Gasteiger partial charge in [0, 0.05) is 11.0 Å². The van der Waals surface area contributed by atoms with Gasteiger partial charge in [0.2, 0.25) is 0 Å². The van der Waals surface area contributed by atoms with Crippen LogP contribution in [0.15, 0.2) is 65.8 Å². The van der Waals surface area contributed by atoms with Gasteiger partial charge < -0.3 is 0 Å². The predicted molar refractivity (Wildman–Crippen MR) is 135 cm³/mol. The lowest BCUT2D eigenvalue weighted by molar-refractivity contribution is 0.632. The molecular formula is C30H39F. The molecule has 0 fully saturated rings. The molecule has 0 bridgehead atoms. The molecule has 0 aliphatic rings. The molecule has 2 rings (SSSR count). The van der Waals surface area contributed by atoms with Crippen LogP contribution in [0.1, 0.15) is 81.3 Å². The fourth-order valence-corrected chi connectivity index (χ4v) is 4.45. The van der Waals surface area contributed by atoms with E-state index in [9.17, 15) is 0 Å². The van der Waals surface area contributed by atoms with Crippen LogP contribution >= 0.6 is 0 Å². The van der Waals surface area contributed by atoms with Gasteiger partial charge >= 0.3 is 0 Å². The summed E-state index contributed by atoms with van der Waals surface area (Å²) in [5.41, 5.74) is 8.94. The zero-order valence-corrected chi connectivity index (χ0v) is 20.9. The maximum atomic E-state index is 15.9. The molecule has 0 N–H and O–H groups in total. The van der Waals surface area contributed by atoms with Crippen LogP contribution in [-0.4, -0.2) is 0 Å². The third-order valence-corrected chi connectivity index (χ3v) is 6.59. The van der Waals surface area contributed by atoms with Gasteiger partial charge in [-0.1, -0.05) is 73.5 Å². The Labute approximate surface area is 189 Å². The van der Waals surface area contributed by atoms with Crippen molar-refractivity contribution in [2.75, 3.05) is 0 Å². The van der Waals surface area contributed by atoms with E-state index in [1.54, 1.807) is 0 Å². The zero-order valence-electron chi connectivity index (χ0n) is 20.9. The van der Waals surface area contributed by atoms with Crippen LogP contribution in [0, 0.1) is 26.7 Å². The quantitative estimate of drug-likeness (QED) is 0.310. The molecule has 1 heteroatoms. The van der Waals surface area contributed by atoms with E-state index in [-0.39, 0.29) is 11.2 Å². The summed E-state index contributed by atoms with van der Waals surface area (Å²) in [5.74, 6) is 0.230. The largest absolute Gasteiger partial charge is 0.206 e. The SMILES string of the molecule is C=C(C)/C(CC(C)C)=C(/F)c1cc(C(C)(/C(C)=C/C)c2ccc(C)cc2C)ccc1C. The number of aryl methyl sites for hydroxylation is 3. The molecule has 1 unspecified atom stereocenters. The van der Waals surface area contributed by atoms with Gasteiger partial charge in [0.25, 0.3) is 0 Å². The molecule has 2 aromatic rings. The fraction of sp³-hybridized carbons (Fsp3) is 0.400. The number of halogens is 1. The Morgan fingerprint density at radius 1 is 1.03 bits per heavy atom. The summed E-state index contributed by atoms with van der Waals surface area (Å²) in [7, 11) is 0. The monoisotopic (exact) mass is 418 g/mol. The topological polar surface area (TPSA) is 0 Å². The van der Waals surface area contributed by atoms with Crippen LogP contribution in [0.4, 0.5) is 4.39 Å². The van der Waals surface area contributed by atoms with E-state index < -0.39 is 0 Å². The molecule has 31 heavy (non-hydrogen) atoms. The zero-order chi connectivity index (χ0) is 23.5. The molecule has 0 amide bonds. The van der Waals surface area contributed by atoms with Gasteiger partial charge in [-0.25, -0.2) is 4.39 Å². The van der Waals surface area contributed by atoms with Crippen LogP contribution < -0.4 is 0 Å². The normalized spacial score (nSPS) is 15.0. The first-order chi connectivity index (χ1) is 14.4. The van der Waals surface area contributed by atoms with E-state index in [2.05, 4.69) is 97.5 Å². The molecule has 0 aliphatic heterocycles. The Kier molecular flexibility index (Phi) is 7.87. The Bertz CT molecular complexity index is 1030. The lowest BCUT2D eigenvalue weighted by Crippen LogP contribution is -2.26. The molecule has 166 valence electrons. The third-order valence-electron chi connectivity index (χ3n) is 6.59. The summed E-state index contributed by atoms with van der Waals surface area (Å²) in [5, 5.41) is 0. The summed E-state index contributed by atoms with van der Waals surface area (Å²) in [6, 6.07) is 12.9. The fourth-order valence-electron chi connectivity index (χ4n) is 4.45. The second-order valence-corrected chi connectivity index (χ2v) is 9.62. The van der Waals surface area contributed by atoms with E-state index in [0.717, 1.165) is 22.3 Å². The second-order valence-electron chi connectivity index (χ2n) is 9.62. The van der Waals surface area contributed by atoms with E-state index >= 15 is 4.39 Å². The minimum atomic E-state index is -0.337. The molecule has 0 aliphatic carbocycles. The highest BCUT2D eigenvalue weighted by molar-refractivity contribution is 5.70. The van der Waals surface area contributed by atoms with Crippen molar-refractivity contribution in [2.24, 2.45) is 5.92 Å². The summed E-state index contributed by atoms with van der Waals surface area (Å²) in [4.78, 5) is 0. The van der Waals surface area contributed by atoms with Gasteiger partial charge in [-0.15, -0.1) is 0 Å². The van der Waals surface area contributed by atoms with Crippen molar-refractivity contribution in [1.82, 2.24) is 0 Å². The van der Waals surface area contributed by atoms with Crippen LogP contribution in [0.3, 0.4) is 0 Å². The van der Waals surface area contributed by atoms with E-state index in [1.807, 2.05) is 13.8 Å². The lowest BCUT2D eigenvalue weighted by Gasteiger charge is -2.34. The minimum Gasteiger partial charge on any atom is -0.206 e. The second kappa shape index (κ2) is 9.81. The van der Waals surface area contributed by atoms with Crippen LogP contribution in [-0.2, 0) is 5.41 Å². The Morgan fingerprint density at radius 3 is 2.19 bits per heavy atom. The Morgan fingerprint density at radius 2 is 1.68 bits per heavy atom. The van der Waals surface area contributed by atoms with E-state index in [0.29, 0.717) is 17.9 Å². The smallest absolute Gasteiger partial charge is 0.134 e. The van der Waals surface area contributed by atoms with E-state index in [1.165, 1.54) is 22.3 Å². The molecule has 0 nitrogen and oxygen atoms in total. The van der Waals surface area contributed by atoms with Gasteiger partial charge in [0.1, 0.15) is 5.83 Å². The molecule has 0 spiro atoms. The Balaban J connectivity index is 2.81. The number of hydrogen-bond acceptors (Lipinski definition) is 0. The number of hydrogen-bond donors (Lipinski definition) is 0. The third kappa shape index (κ3) is 5.09. The lowest BCUT2D eigenvalue weighted by atomic mass is 9.69. The molecule has 1 atom stereocenters. The first-order valence-electron chi connectivity index (χ1n) is 11.3. The predicted octanol–water partition coefficient (Wildman–Crippen LogP) is 9.19. The van der Waals surface area contributed by atoms with Gasteiger partial charge in [-0.05, 0) is 94.7 Å². The van der Waals surface area contributed by atoms with E-state index in [4.69, 9.17) is 0 Å². The van der Waals surface area contributed by atoms with Crippen molar-refractivity contribution in [1.29, 1.82) is 0 Å². The standard InChI is InChI=1S/C30H39F/c1-11-24(9)30(10,28-15-12-21(6)17-23(28)8)25-14-13-22(7)27(18-25)29(31)26(20(4)5)16-19(2)3/h11-15,17-19H,4,16H2,1-3,5-10H3/b24-11+,29-26+. The van der Waals surface area contributed by atoms with Gasteiger partial charge in [-0.2, -0.15) is 0 Å². The van der Waals surface area contributed by atoms with Crippen molar-refractivity contribution in [3.63, 3.8) is 0 Å². The van der Waals surface area contributed by atoms with Crippen molar-refractivity contribution >= 4 is 5.83 Å².